The number of benzene rings is 2. The quantitative estimate of drug-likeness (QED) is 0.268. The lowest BCUT2D eigenvalue weighted by molar-refractivity contribution is 0.0585. The molecule has 5 nitrogen and oxygen atoms in total. The number of thiophene rings is 1. The predicted molar refractivity (Wildman–Crippen MR) is 146 cm³/mol. The molecule has 0 aliphatic carbocycles. The third-order valence-electron chi connectivity index (χ3n) is 6.85. The Bertz CT molecular complexity index is 1290. The molecule has 5 rings (SSSR count). The number of hydrogen-bond acceptors (Lipinski definition) is 5. The highest BCUT2D eigenvalue weighted by atomic mass is 32.1. The minimum Gasteiger partial charge on any atom is -0.494 e. The molecule has 1 fully saturated rings. The normalized spacial score (nSPS) is 15.9. The number of carbonyl (C=O) groups is 1. The third kappa shape index (κ3) is 5.94. The van der Waals surface area contributed by atoms with Gasteiger partial charge in [-0.1, -0.05) is 42.5 Å². The van der Waals surface area contributed by atoms with E-state index in [-0.39, 0.29) is 11.9 Å². The van der Waals surface area contributed by atoms with Gasteiger partial charge in [-0.3, -0.25) is 14.7 Å². The summed E-state index contributed by atoms with van der Waals surface area (Å²) in [5, 5.41) is 3.14. The van der Waals surface area contributed by atoms with Crippen molar-refractivity contribution in [2.45, 2.75) is 44.8 Å². The molecule has 186 valence electrons. The van der Waals surface area contributed by atoms with Crippen LogP contribution in [0.2, 0.25) is 0 Å². The van der Waals surface area contributed by atoms with E-state index in [1.54, 1.807) is 0 Å². The number of rotatable bonds is 9. The zero-order valence-electron chi connectivity index (χ0n) is 20.8. The van der Waals surface area contributed by atoms with Gasteiger partial charge in [-0.25, -0.2) is 0 Å². The van der Waals surface area contributed by atoms with Gasteiger partial charge in [-0.15, -0.1) is 11.3 Å². The van der Waals surface area contributed by atoms with Crippen molar-refractivity contribution in [3.8, 4) is 5.75 Å². The van der Waals surface area contributed by atoms with E-state index in [0.717, 1.165) is 55.0 Å². The zero-order chi connectivity index (χ0) is 24.7. The van der Waals surface area contributed by atoms with Crippen LogP contribution in [-0.2, 0) is 13.1 Å². The van der Waals surface area contributed by atoms with Crippen molar-refractivity contribution in [1.82, 2.24) is 14.8 Å². The monoisotopic (exact) mass is 499 g/mol. The van der Waals surface area contributed by atoms with E-state index in [9.17, 15) is 4.79 Å². The number of nitrogens with zero attached hydrogens (tertiary/aromatic N) is 3. The van der Waals surface area contributed by atoms with Crippen LogP contribution in [0.15, 0.2) is 78.3 Å². The molecule has 2 aromatic heterocycles. The van der Waals surface area contributed by atoms with E-state index < -0.39 is 0 Å². The molecule has 4 aromatic rings. The van der Waals surface area contributed by atoms with Crippen LogP contribution in [0.1, 0.15) is 46.5 Å². The van der Waals surface area contributed by atoms with Crippen LogP contribution >= 0.6 is 11.3 Å². The largest absolute Gasteiger partial charge is 0.494 e. The van der Waals surface area contributed by atoms with Gasteiger partial charge >= 0.3 is 0 Å². The predicted octanol–water partition coefficient (Wildman–Crippen LogP) is 6.39. The molecule has 0 bridgehead atoms. The number of hydrogen-bond donors (Lipinski definition) is 0. The van der Waals surface area contributed by atoms with Gasteiger partial charge in [0.1, 0.15) is 5.75 Å². The van der Waals surface area contributed by atoms with Crippen LogP contribution < -0.4 is 4.74 Å². The number of pyridine rings is 1. The first kappa shape index (κ1) is 24.5. The van der Waals surface area contributed by atoms with Crippen LogP contribution in [0, 0.1) is 0 Å². The molecule has 0 N–H and O–H groups in total. The Kier molecular flexibility index (Phi) is 7.94. The molecular formula is C30H33N3O2S. The van der Waals surface area contributed by atoms with Crippen molar-refractivity contribution in [2.24, 2.45) is 0 Å². The third-order valence-corrected chi connectivity index (χ3v) is 7.71. The number of carbonyl (C=O) groups excluding carboxylic acids is 1. The first-order valence-electron chi connectivity index (χ1n) is 12.7. The molecule has 1 aliphatic rings. The summed E-state index contributed by atoms with van der Waals surface area (Å²) in [6.07, 6.45) is 6.02. The van der Waals surface area contributed by atoms with Crippen LogP contribution in [-0.4, -0.2) is 46.9 Å². The average Bonchev–Trinajstić information content (AvgIpc) is 3.44. The van der Waals surface area contributed by atoms with Crippen LogP contribution in [0.25, 0.3) is 10.9 Å². The average molecular weight is 500 g/mol. The summed E-state index contributed by atoms with van der Waals surface area (Å²) in [6.45, 7) is 3.11. The Balaban J connectivity index is 1.15. The second-order valence-electron chi connectivity index (χ2n) is 9.57. The van der Waals surface area contributed by atoms with Gasteiger partial charge in [0, 0.05) is 43.7 Å². The molecule has 0 radical (unpaired) electrons. The van der Waals surface area contributed by atoms with Gasteiger partial charge in [-0.2, -0.15) is 0 Å². The molecule has 36 heavy (non-hydrogen) atoms. The lowest BCUT2D eigenvalue weighted by Gasteiger charge is -2.35. The summed E-state index contributed by atoms with van der Waals surface area (Å²) in [7, 11) is 2.14. The molecular weight excluding hydrogens is 466 g/mol. The van der Waals surface area contributed by atoms with Gasteiger partial charge < -0.3 is 9.64 Å². The Morgan fingerprint density at radius 3 is 2.86 bits per heavy atom. The van der Waals surface area contributed by atoms with Crippen molar-refractivity contribution >= 4 is 28.1 Å². The van der Waals surface area contributed by atoms with E-state index in [2.05, 4.69) is 64.3 Å². The van der Waals surface area contributed by atoms with E-state index in [4.69, 9.17) is 4.74 Å². The summed E-state index contributed by atoms with van der Waals surface area (Å²) in [4.78, 5) is 22.7. The van der Waals surface area contributed by atoms with Gasteiger partial charge in [0.25, 0.3) is 5.91 Å². The maximum absolute atomic E-state index is 12.9. The SMILES string of the molecule is CN(Cc1cccc(OCCC2CCCCN2C(=O)c2cccs2)c1)Cc1cccc2cccnc12. The summed E-state index contributed by atoms with van der Waals surface area (Å²) < 4.78 is 6.16. The first-order valence-corrected chi connectivity index (χ1v) is 13.6. The fraction of sp³-hybridized carbons (Fsp3) is 0.333. The summed E-state index contributed by atoms with van der Waals surface area (Å²) in [5.41, 5.74) is 3.52. The number of aromatic nitrogens is 1. The Morgan fingerprint density at radius 2 is 1.97 bits per heavy atom. The molecule has 1 amide bonds. The highest BCUT2D eigenvalue weighted by Gasteiger charge is 2.27. The molecule has 1 unspecified atom stereocenters. The maximum Gasteiger partial charge on any atom is 0.264 e. The highest BCUT2D eigenvalue weighted by molar-refractivity contribution is 7.12. The fourth-order valence-electron chi connectivity index (χ4n) is 5.11. The Labute approximate surface area is 217 Å². The summed E-state index contributed by atoms with van der Waals surface area (Å²) in [5.74, 6) is 1.06. The number of fused-ring (bicyclic) bond motifs is 1. The van der Waals surface area contributed by atoms with E-state index in [1.165, 1.54) is 34.3 Å². The number of piperidine rings is 1. The molecule has 1 saturated heterocycles. The zero-order valence-corrected chi connectivity index (χ0v) is 21.6. The highest BCUT2D eigenvalue weighted by Crippen LogP contribution is 2.25. The van der Waals surface area contributed by atoms with E-state index >= 15 is 0 Å². The summed E-state index contributed by atoms with van der Waals surface area (Å²) >= 11 is 1.52. The minimum atomic E-state index is 0.168. The van der Waals surface area contributed by atoms with Crippen LogP contribution in [0.5, 0.6) is 5.75 Å². The topological polar surface area (TPSA) is 45.7 Å². The van der Waals surface area contributed by atoms with Crippen molar-refractivity contribution < 1.29 is 9.53 Å². The second kappa shape index (κ2) is 11.7. The fourth-order valence-corrected chi connectivity index (χ4v) is 5.79. The second-order valence-corrected chi connectivity index (χ2v) is 10.5. The number of para-hydroxylation sites is 1. The van der Waals surface area contributed by atoms with Crippen LogP contribution in [0.4, 0.5) is 0 Å². The van der Waals surface area contributed by atoms with Gasteiger partial charge in [0.05, 0.1) is 17.0 Å². The van der Waals surface area contributed by atoms with Crippen LogP contribution in [0.3, 0.4) is 0 Å². The minimum absolute atomic E-state index is 0.168. The lowest BCUT2D eigenvalue weighted by atomic mass is 9.99. The standard InChI is InChI=1S/C30H33N3O2S/c1-32(22-25-10-5-9-24-11-6-16-31-29(24)25)21-23-8-4-13-27(20-23)35-18-15-26-12-2-3-17-33(26)30(34)28-14-7-19-36-28/h4-11,13-14,16,19-20,26H,2-3,12,15,17-18,21-22H2,1H3. The molecule has 1 aliphatic heterocycles. The first-order chi connectivity index (χ1) is 17.7. The van der Waals surface area contributed by atoms with Gasteiger partial charge in [-0.05, 0) is 67.1 Å². The Morgan fingerprint density at radius 1 is 1.08 bits per heavy atom. The maximum atomic E-state index is 12.9. The molecule has 0 spiro atoms. The lowest BCUT2D eigenvalue weighted by Crippen LogP contribution is -2.44. The number of amides is 1. The smallest absolute Gasteiger partial charge is 0.264 e. The number of ether oxygens (including phenoxy) is 1. The van der Waals surface area contributed by atoms with Crippen molar-refractivity contribution in [1.29, 1.82) is 0 Å². The number of likely N-dealkylation sites (tertiary alicyclic amines) is 1. The molecule has 6 heteroatoms. The van der Waals surface area contributed by atoms with E-state index in [1.807, 2.05) is 35.8 Å². The van der Waals surface area contributed by atoms with Gasteiger partial charge in [0.2, 0.25) is 0 Å². The molecule has 1 atom stereocenters. The van der Waals surface area contributed by atoms with Crippen molar-refractivity contribution in [2.75, 3.05) is 20.2 Å². The Hall–Kier alpha value is -3.22. The van der Waals surface area contributed by atoms with E-state index in [0.29, 0.717) is 6.61 Å². The van der Waals surface area contributed by atoms with Gasteiger partial charge in [0.15, 0.2) is 0 Å². The summed E-state index contributed by atoms with van der Waals surface area (Å²) in [6, 6.07) is 22.9. The molecule has 3 heterocycles. The van der Waals surface area contributed by atoms with Crippen molar-refractivity contribution in [3.63, 3.8) is 0 Å². The molecule has 0 saturated carbocycles. The van der Waals surface area contributed by atoms with Crippen molar-refractivity contribution in [3.05, 3.63) is 94.3 Å². The molecule has 2 aromatic carbocycles.